The van der Waals surface area contributed by atoms with Gasteiger partial charge in [-0.1, -0.05) is 0 Å². The average Bonchev–Trinajstić information content (AvgIpc) is 3.17. The van der Waals surface area contributed by atoms with Crippen LogP contribution in [-0.4, -0.2) is 26.3 Å². The first-order valence-electron chi connectivity index (χ1n) is 7.58. The van der Waals surface area contributed by atoms with E-state index in [1.807, 2.05) is 12.1 Å². The van der Waals surface area contributed by atoms with Gasteiger partial charge in [-0.3, -0.25) is 4.98 Å². The van der Waals surface area contributed by atoms with Gasteiger partial charge in [0.05, 0.1) is 5.56 Å². The van der Waals surface area contributed by atoms with Crippen molar-refractivity contribution in [3.63, 3.8) is 0 Å². The predicted octanol–water partition coefficient (Wildman–Crippen LogP) is 2.12. The number of thiocarbonyl (C=S) groups is 1. The van der Waals surface area contributed by atoms with Crippen LogP contribution in [0, 0.1) is 17.1 Å². The lowest BCUT2D eigenvalue weighted by molar-refractivity contribution is 0.308. The van der Waals surface area contributed by atoms with Gasteiger partial charge >= 0.3 is 5.84 Å². The molecule has 27 heavy (non-hydrogen) atoms. The number of amidine groups is 1. The summed E-state index contributed by atoms with van der Waals surface area (Å²) in [6.07, 6.45) is 3.35. The van der Waals surface area contributed by atoms with Gasteiger partial charge in [-0.25, -0.2) is 14.3 Å². The zero-order valence-corrected chi connectivity index (χ0v) is 14.5. The third kappa shape index (κ3) is 4.39. The summed E-state index contributed by atoms with van der Waals surface area (Å²) in [4.78, 5) is 3.95. The fourth-order valence-electron chi connectivity index (χ4n) is 2.16. The van der Waals surface area contributed by atoms with E-state index >= 15 is 0 Å². The molecule has 3 rings (SSSR count). The molecule has 0 unspecified atom stereocenters. The molecule has 132 valence electrons. The Kier molecular flexibility index (Phi) is 5.62. The van der Waals surface area contributed by atoms with Gasteiger partial charge in [0.25, 0.3) is 10.9 Å². The second kappa shape index (κ2) is 8.47. The van der Waals surface area contributed by atoms with Gasteiger partial charge in [-0.15, -0.1) is 4.67 Å². The average molecular weight is 380 g/mol. The van der Waals surface area contributed by atoms with Crippen molar-refractivity contribution in [2.75, 3.05) is 10.6 Å². The fraction of sp³-hybridized carbons (Fsp3) is 0.0588. The quantitative estimate of drug-likeness (QED) is 0.299. The van der Waals surface area contributed by atoms with Crippen molar-refractivity contribution in [2.45, 2.75) is 6.54 Å². The van der Waals surface area contributed by atoms with Crippen LogP contribution in [0.5, 0.6) is 0 Å². The molecule has 0 atom stereocenters. The van der Waals surface area contributed by atoms with E-state index in [1.165, 1.54) is 18.2 Å². The summed E-state index contributed by atoms with van der Waals surface area (Å²) >= 11 is 4.68. The van der Waals surface area contributed by atoms with Crippen LogP contribution in [0.15, 0.2) is 47.4 Å². The van der Waals surface area contributed by atoms with Crippen molar-refractivity contribution < 1.29 is 9.02 Å². The Hall–Kier alpha value is -3.89. The van der Waals surface area contributed by atoms with Crippen molar-refractivity contribution in [3.05, 3.63) is 65.4 Å². The standard InChI is InChI=1S/C17H10FN7OS/c18-14-2-1-13(7-12(14)8-19)23-16(22-10-27)15-17(25-26-24-15)21-9-11-3-5-20-6-4-11/h1-7H,9H2,(H,21,25)/p+1. The minimum absolute atomic E-state index is 0.111. The monoisotopic (exact) mass is 380 g/mol. The van der Waals surface area contributed by atoms with Gasteiger partial charge in [-0.2, -0.15) is 5.26 Å². The van der Waals surface area contributed by atoms with E-state index < -0.39 is 5.82 Å². The summed E-state index contributed by atoms with van der Waals surface area (Å²) in [6.45, 7) is 0.452. The number of benzene rings is 1. The van der Waals surface area contributed by atoms with Gasteiger partial charge in [0.15, 0.2) is 0 Å². The van der Waals surface area contributed by atoms with Gasteiger partial charge in [0.1, 0.15) is 17.6 Å². The third-order valence-electron chi connectivity index (χ3n) is 3.43. The first-order valence-corrected chi connectivity index (χ1v) is 7.99. The highest BCUT2D eigenvalue weighted by Gasteiger charge is 2.25. The Morgan fingerprint density at radius 1 is 1.26 bits per heavy atom. The Morgan fingerprint density at radius 3 is 2.81 bits per heavy atom. The highest BCUT2D eigenvalue weighted by molar-refractivity contribution is 7.78. The lowest BCUT2D eigenvalue weighted by Gasteiger charge is -2.03. The molecule has 0 aliphatic rings. The predicted molar refractivity (Wildman–Crippen MR) is 99.4 cm³/mol. The molecule has 0 saturated heterocycles. The molecule has 2 aromatic heterocycles. The van der Waals surface area contributed by atoms with Crippen LogP contribution in [0.4, 0.5) is 15.9 Å². The number of isothiocyanates is 1. The fourth-order valence-corrected chi connectivity index (χ4v) is 2.25. The molecule has 2 heterocycles. The summed E-state index contributed by atoms with van der Waals surface area (Å²) in [5, 5.41) is 24.8. The minimum Gasteiger partial charge on any atom is -0.361 e. The Labute approximate surface area is 158 Å². The van der Waals surface area contributed by atoms with E-state index in [4.69, 9.17) is 9.89 Å². The molecule has 0 saturated carbocycles. The number of nitrogens with one attached hydrogen (secondary N) is 2. The van der Waals surface area contributed by atoms with Gasteiger partial charge in [0, 0.05) is 37.2 Å². The molecule has 1 aromatic carbocycles. The van der Waals surface area contributed by atoms with Crippen LogP contribution in [-0.2, 0) is 6.54 Å². The maximum absolute atomic E-state index is 13.5. The number of pyridine rings is 1. The van der Waals surface area contributed by atoms with Gasteiger partial charge in [-0.05, 0) is 40.1 Å². The summed E-state index contributed by atoms with van der Waals surface area (Å²) in [7, 11) is 0. The van der Waals surface area contributed by atoms with Gasteiger partial charge in [0.2, 0.25) is 5.82 Å². The minimum atomic E-state index is -0.620. The molecule has 0 aliphatic carbocycles. The van der Waals surface area contributed by atoms with Crippen molar-refractivity contribution in [3.8, 4) is 6.07 Å². The van der Waals surface area contributed by atoms with Crippen LogP contribution in [0.1, 0.15) is 16.8 Å². The normalized spacial score (nSPS) is 9.63. The van der Waals surface area contributed by atoms with E-state index in [0.717, 1.165) is 5.56 Å². The van der Waals surface area contributed by atoms with E-state index in [1.54, 1.807) is 18.5 Å². The number of hydrogen-bond acceptors (Lipinski definition) is 7. The number of halogens is 1. The van der Waals surface area contributed by atoms with Crippen molar-refractivity contribution in [1.29, 1.82) is 5.26 Å². The Bertz CT molecular complexity index is 1080. The Morgan fingerprint density at radius 2 is 2.07 bits per heavy atom. The SMILES string of the molecule is N#Cc1cc(NC(=[N+]=C=S)c2nonc2NCc2ccncc2)ccc1F. The summed E-state index contributed by atoms with van der Waals surface area (Å²) in [6, 6.07) is 9.43. The largest absolute Gasteiger partial charge is 0.418 e. The third-order valence-corrected chi connectivity index (χ3v) is 3.52. The number of anilines is 2. The number of nitrogens with zero attached hydrogens (tertiary/aromatic N) is 5. The maximum Gasteiger partial charge on any atom is 0.418 e. The second-order valence-corrected chi connectivity index (χ2v) is 5.34. The molecule has 0 aliphatic heterocycles. The number of rotatable bonds is 5. The molecule has 3 aromatic rings. The summed E-state index contributed by atoms with van der Waals surface area (Å²) in [5.41, 5.74) is 1.54. The highest BCUT2D eigenvalue weighted by Crippen LogP contribution is 2.17. The molecule has 0 radical (unpaired) electrons. The lowest BCUT2D eigenvalue weighted by atomic mass is 10.2. The van der Waals surface area contributed by atoms with E-state index in [-0.39, 0.29) is 17.1 Å². The van der Waals surface area contributed by atoms with E-state index in [2.05, 4.69) is 48.0 Å². The lowest BCUT2D eigenvalue weighted by Crippen LogP contribution is -2.19. The van der Waals surface area contributed by atoms with Crippen LogP contribution in [0.2, 0.25) is 0 Å². The molecule has 0 bridgehead atoms. The molecular formula is C17H11FN7OS+. The second-order valence-electron chi connectivity index (χ2n) is 5.15. The van der Waals surface area contributed by atoms with Crippen LogP contribution >= 0.6 is 12.2 Å². The van der Waals surface area contributed by atoms with Crippen molar-refractivity contribution in [2.24, 2.45) is 0 Å². The number of aromatic nitrogens is 3. The zero-order chi connectivity index (χ0) is 19.1. The van der Waals surface area contributed by atoms with Gasteiger partial charge < -0.3 is 5.32 Å². The highest BCUT2D eigenvalue weighted by atomic mass is 32.1. The zero-order valence-electron chi connectivity index (χ0n) is 13.7. The molecule has 10 heteroatoms. The van der Waals surface area contributed by atoms with E-state index in [9.17, 15) is 4.39 Å². The number of hydrogen-bond donors (Lipinski definition) is 2. The first kappa shape index (κ1) is 17.9. The van der Waals surface area contributed by atoms with Crippen LogP contribution < -0.4 is 15.3 Å². The Balaban J connectivity index is 1.85. The molecule has 2 N–H and O–H groups in total. The maximum atomic E-state index is 13.5. The molecule has 0 fully saturated rings. The summed E-state index contributed by atoms with van der Waals surface area (Å²) < 4.78 is 22.2. The van der Waals surface area contributed by atoms with E-state index in [0.29, 0.717) is 18.1 Å². The smallest absolute Gasteiger partial charge is 0.361 e. The number of nitriles is 1. The van der Waals surface area contributed by atoms with Crippen LogP contribution in [0.3, 0.4) is 0 Å². The summed E-state index contributed by atoms with van der Waals surface area (Å²) in [5.74, 6) is -0.115. The molecule has 8 nitrogen and oxygen atoms in total. The topological polar surface area (TPSA) is 114 Å². The molecular weight excluding hydrogens is 369 g/mol. The first-order chi connectivity index (χ1) is 13.2. The van der Waals surface area contributed by atoms with Crippen LogP contribution in [0.25, 0.3) is 0 Å². The van der Waals surface area contributed by atoms with Crippen molar-refractivity contribution >= 4 is 34.7 Å². The molecule has 0 amide bonds. The molecule has 0 spiro atoms. The van der Waals surface area contributed by atoms with Crippen molar-refractivity contribution in [1.82, 2.24) is 20.0 Å².